The van der Waals surface area contributed by atoms with Gasteiger partial charge in [-0.05, 0) is 48.9 Å². The molecule has 1 aliphatic heterocycles. The van der Waals surface area contributed by atoms with Crippen molar-refractivity contribution in [3.63, 3.8) is 0 Å². The van der Waals surface area contributed by atoms with Crippen molar-refractivity contribution in [2.75, 3.05) is 33.5 Å². The third-order valence-corrected chi connectivity index (χ3v) is 5.13. The molecule has 1 fully saturated rings. The molecule has 1 aliphatic rings. The van der Waals surface area contributed by atoms with Crippen LogP contribution in [0, 0.1) is 5.82 Å². The molecule has 33 heavy (non-hydrogen) atoms. The van der Waals surface area contributed by atoms with E-state index in [1.807, 2.05) is 6.92 Å². The van der Waals surface area contributed by atoms with Crippen molar-refractivity contribution in [2.24, 2.45) is 0 Å². The maximum absolute atomic E-state index is 13.4. The predicted octanol–water partition coefficient (Wildman–Crippen LogP) is 3.86. The molecule has 0 bridgehead atoms. The van der Waals surface area contributed by atoms with E-state index < -0.39 is 23.5 Å². The molecular formula is C25H26FNO6. The lowest BCUT2D eigenvalue weighted by atomic mass is 9.95. The number of aliphatic hydroxyl groups excluding tert-OH is 1. The molecule has 1 atom stereocenters. The van der Waals surface area contributed by atoms with Crippen molar-refractivity contribution in [2.45, 2.75) is 13.0 Å². The molecule has 7 nitrogen and oxygen atoms in total. The summed E-state index contributed by atoms with van der Waals surface area (Å²) in [6.45, 7) is 6.42. The van der Waals surface area contributed by atoms with Crippen LogP contribution in [-0.2, 0) is 14.3 Å². The third kappa shape index (κ3) is 5.06. The maximum atomic E-state index is 13.4. The summed E-state index contributed by atoms with van der Waals surface area (Å²) in [6, 6.07) is 9.21. The normalized spacial score (nSPS) is 17.3. The van der Waals surface area contributed by atoms with Crippen molar-refractivity contribution in [3.8, 4) is 11.5 Å². The molecule has 1 heterocycles. The van der Waals surface area contributed by atoms with E-state index in [-0.39, 0.29) is 36.7 Å². The van der Waals surface area contributed by atoms with Gasteiger partial charge >= 0.3 is 0 Å². The quantitative estimate of drug-likeness (QED) is 0.254. The Bertz CT molecular complexity index is 1060. The van der Waals surface area contributed by atoms with Crippen molar-refractivity contribution >= 4 is 17.4 Å². The van der Waals surface area contributed by atoms with E-state index in [0.29, 0.717) is 23.7 Å². The smallest absolute Gasteiger partial charge is 0.295 e. The molecular weight excluding hydrogens is 429 g/mol. The van der Waals surface area contributed by atoms with Crippen LogP contribution in [0.5, 0.6) is 11.5 Å². The summed E-state index contributed by atoms with van der Waals surface area (Å²) < 4.78 is 29.8. The van der Waals surface area contributed by atoms with Crippen LogP contribution >= 0.6 is 0 Å². The summed E-state index contributed by atoms with van der Waals surface area (Å²) in [5, 5.41) is 11.0. The van der Waals surface area contributed by atoms with Gasteiger partial charge in [-0.15, -0.1) is 0 Å². The van der Waals surface area contributed by atoms with Gasteiger partial charge in [-0.3, -0.25) is 9.59 Å². The zero-order chi connectivity index (χ0) is 24.0. The molecule has 2 aromatic rings. The molecule has 1 saturated heterocycles. The first-order chi connectivity index (χ1) is 15.9. The van der Waals surface area contributed by atoms with Crippen LogP contribution in [0.3, 0.4) is 0 Å². The van der Waals surface area contributed by atoms with Crippen LogP contribution in [0.4, 0.5) is 4.39 Å². The number of Topliss-reactive ketones (excluding diaryl/α,β-unsaturated/α-hetero) is 1. The Hall–Kier alpha value is -3.65. The van der Waals surface area contributed by atoms with Crippen molar-refractivity contribution in [3.05, 3.63) is 77.6 Å². The molecule has 1 amide bonds. The second-order valence-corrected chi connectivity index (χ2v) is 7.23. The number of rotatable bonds is 10. The van der Waals surface area contributed by atoms with Crippen LogP contribution in [0.25, 0.3) is 5.76 Å². The summed E-state index contributed by atoms with van der Waals surface area (Å²) in [5.41, 5.74) is 0.676. The van der Waals surface area contributed by atoms with Crippen LogP contribution in [0.1, 0.15) is 24.1 Å². The Morgan fingerprint density at radius 3 is 2.52 bits per heavy atom. The van der Waals surface area contributed by atoms with Gasteiger partial charge in [-0.25, -0.2) is 4.39 Å². The maximum Gasteiger partial charge on any atom is 0.295 e. The fourth-order valence-electron chi connectivity index (χ4n) is 3.64. The zero-order valence-corrected chi connectivity index (χ0v) is 18.5. The number of ketones is 1. The highest BCUT2D eigenvalue weighted by molar-refractivity contribution is 6.46. The van der Waals surface area contributed by atoms with Gasteiger partial charge in [-0.2, -0.15) is 0 Å². The standard InChI is InChI=1S/C25H26FNO6/c1-4-13-33-19-11-8-17(15-20(19)32-5-2)22-21(23(28)16-6-9-18(26)10-7-16)24(29)25(30)27(22)12-14-31-3/h4,6-11,15,22,28H,1,5,12-14H2,2-3H3/b23-21+. The van der Waals surface area contributed by atoms with E-state index in [9.17, 15) is 19.1 Å². The Morgan fingerprint density at radius 2 is 1.88 bits per heavy atom. The van der Waals surface area contributed by atoms with Gasteiger partial charge in [-0.1, -0.05) is 18.7 Å². The highest BCUT2D eigenvalue weighted by Gasteiger charge is 2.46. The topological polar surface area (TPSA) is 85.3 Å². The predicted molar refractivity (Wildman–Crippen MR) is 121 cm³/mol. The number of benzene rings is 2. The molecule has 0 aliphatic carbocycles. The molecule has 0 saturated carbocycles. The number of hydrogen-bond donors (Lipinski definition) is 1. The van der Waals surface area contributed by atoms with Crippen LogP contribution in [-0.4, -0.2) is 55.2 Å². The first-order valence-corrected chi connectivity index (χ1v) is 10.5. The molecule has 0 spiro atoms. The Balaban J connectivity index is 2.15. The van der Waals surface area contributed by atoms with E-state index >= 15 is 0 Å². The molecule has 0 aromatic heterocycles. The van der Waals surface area contributed by atoms with Crippen LogP contribution in [0.2, 0.25) is 0 Å². The molecule has 8 heteroatoms. The van der Waals surface area contributed by atoms with Gasteiger partial charge in [0.15, 0.2) is 11.5 Å². The van der Waals surface area contributed by atoms with E-state index in [0.717, 1.165) is 0 Å². The van der Waals surface area contributed by atoms with Gasteiger partial charge in [0.1, 0.15) is 18.2 Å². The average molecular weight is 455 g/mol. The number of amides is 1. The number of nitrogens with zero attached hydrogens (tertiary/aromatic N) is 1. The number of carbonyl (C=O) groups excluding carboxylic acids is 2. The highest BCUT2D eigenvalue weighted by atomic mass is 19.1. The summed E-state index contributed by atoms with van der Waals surface area (Å²) in [6.07, 6.45) is 1.60. The number of ether oxygens (including phenoxy) is 3. The summed E-state index contributed by atoms with van der Waals surface area (Å²) in [5.74, 6) is -1.55. The van der Waals surface area contributed by atoms with E-state index in [1.54, 1.807) is 24.3 Å². The fraction of sp³-hybridized carbons (Fsp3) is 0.280. The monoisotopic (exact) mass is 455 g/mol. The Kier molecular flexibility index (Phi) is 7.84. The number of hydrogen-bond acceptors (Lipinski definition) is 6. The molecule has 2 aromatic carbocycles. The lowest BCUT2D eigenvalue weighted by Gasteiger charge is -2.26. The van der Waals surface area contributed by atoms with Gasteiger partial charge in [0.05, 0.1) is 24.8 Å². The average Bonchev–Trinajstić information content (AvgIpc) is 3.07. The lowest BCUT2D eigenvalue weighted by Crippen LogP contribution is -2.32. The zero-order valence-electron chi connectivity index (χ0n) is 18.5. The lowest BCUT2D eigenvalue weighted by molar-refractivity contribution is -0.140. The minimum atomic E-state index is -0.891. The van der Waals surface area contributed by atoms with Crippen molar-refractivity contribution in [1.82, 2.24) is 4.90 Å². The van der Waals surface area contributed by atoms with Crippen molar-refractivity contribution < 1.29 is 33.3 Å². The fourth-order valence-corrected chi connectivity index (χ4v) is 3.64. The Labute approximate surface area is 191 Å². The number of halogens is 1. The number of carbonyl (C=O) groups is 2. The van der Waals surface area contributed by atoms with Gasteiger partial charge in [0.25, 0.3) is 11.7 Å². The minimum Gasteiger partial charge on any atom is -0.507 e. The summed E-state index contributed by atoms with van der Waals surface area (Å²) in [4.78, 5) is 27.2. The van der Waals surface area contributed by atoms with Crippen LogP contribution < -0.4 is 9.47 Å². The first-order valence-electron chi connectivity index (χ1n) is 10.5. The molecule has 3 rings (SSSR count). The molecule has 1 N–H and O–H groups in total. The largest absolute Gasteiger partial charge is 0.507 e. The minimum absolute atomic E-state index is 0.0927. The highest BCUT2D eigenvalue weighted by Crippen LogP contribution is 2.42. The number of aliphatic hydroxyl groups is 1. The van der Waals surface area contributed by atoms with Gasteiger partial charge in [0, 0.05) is 19.2 Å². The summed E-state index contributed by atoms with van der Waals surface area (Å²) >= 11 is 0. The van der Waals surface area contributed by atoms with Gasteiger partial charge < -0.3 is 24.2 Å². The second kappa shape index (κ2) is 10.8. The SMILES string of the molecule is C=CCOc1ccc(C2/C(=C(\O)c3ccc(F)cc3)C(=O)C(=O)N2CCOC)cc1OCC. The summed E-state index contributed by atoms with van der Waals surface area (Å²) in [7, 11) is 1.49. The van der Waals surface area contributed by atoms with E-state index in [1.165, 1.54) is 36.3 Å². The molecule has 1 unspecified atom stereocenters. The molecule has 174 valence electrons. The van der Waals surface area contributed by atoms with E-state index in [4.69, 9.17) is 14.2 Å². The Morgan fingerprint density at radius 1 is 1.15 bits per heavy atom. The first kappa shape index (κ1) is 24.0. The van der Waals surface area contributed by atoms with E-state index in [2.05, 4.69) is 6.58 Å². The third-order valence-electron chi connectivity index (χ3n) is 5.13. The second-order valence-electron chi connectivity index (χ2n) is 7.23. The number of likely N-dealkylation sites (tertiary alicyclic amines) is 1. The number of methoxy groups -OCH3 is 1. The van der Waals surface area contributed by atoms with Crippen molar-refractivity contribution in [1.29, 1.82) is 0 Å². The van der Waals surface area contributed by atoms with Crippen LogP contribution in [0.15, 0.2) is 60.7 Å². The molecule has 0 radical (unpaired) electrons. The van der Waals surface area contributed by atoms with Gasteiger partial charge in [0.2, 0.25) is 0 Å².